The smallest absolute Gasteiger partial charge is 0.243 e. The van der Waals surface area contributed by atoms with Crippen molar-refractivity contribution in [2.75, 3.05) is 12.3 Å². The molecule has 0 amide bonds. The van der Waals surface area contributed by atoms with E-state index in [1.54, 1.807) is 16.4 Å². The Balaban J connectivity index is 2.38. The molecule has 2 N–H and O–H groups in total. The van der Waals surface area contributed by atoms with Crippen LogP contribution in [0.15, 0.2) is 23.1 Å². The molecule has 0 aliphatic carbocycles. The maximum atomic E-state index is 12.5. The van der Waals surface area contributed by atoms with Gasteiger partial charge in [0, 0.05) is 18.3 Å². The Hall–Kier alpha value is -1.07. The lowest BCUT2D eigenvalue weighted by Crippen LogP contribution is -2.33. The van der Waals surface area contributed by atoms with E-state index in [-0.39, 0.29) is 6.04 Å². The summed E-state index contributed by atoms with van der Waals surface area (Å²) in [5.41, 5.74) is 7.43. The van der Waals surface area contributed by atoms with Crippen molar-refractivity contribution in [3.63, 3.8) is 0 Å². The number of sulfonamides is 1. The van der Waals surface area contributed by atoms with Crippen LogP contribution in [0.1, 0.15) is 32.3 Å². The number of benzene rings is 1. The maximum absolute atomic E-state index is 12.5. The van der Waals surface area contributed by atoms with Gasteiger partial charge in [0.1, 0.15) is 0 Å². The van der Waals surface area contributed by atoms with Crippen LogP contribution in [0.4, 0.5) is 5.69 Å². The van der Waals surface area contributed by atoms with Crippen LogP contribution < -0.4 is 5.73 Å². The summed E-state index contributed by atoms with van der Waals surface area (Å²) >= 11 is 0. The van der Waals surface area contributed by atoms with Gasteiger partial charge in [0.2, 0.25) is 10.0 Å². The summed E-state index contributed by atoms with van der Waals surface area (Å²) < 4.78 is 26.5. The average molecular weight is 268 g/mol. The summed E-state index contributed by atoms with van der Waals surface area (Å²) in [6, 6.07) is 5.14. The van der Waals surface area contributed by atoms with Crippen molar-refractivity contribution >= 4 is 15.7 Å². The van der Waals surface area contributed by atoms with Gasteiger partial charge < -0.3 is 5.73 Å². The molecule has 0 radical (unpaired) electrons. The number of anilines is 1. The molecule has 1 aliphatic heterocycles. The monoisotopic (exact) mass is 268 g/mol. The van der Waals surface area contributed by atoms with Crippen LogP contribution in [0.25, 0.3) is 0 Å². The van der Waals surface area contributed by atoms with Crippen LogP contribution in [0, 0.1) is 0 Å². The lowest BCUT2D eigenvalue weighted by molar-refractivity contribution is 0.408. The van der Waals surface area contributed by atoms with Gasteiger partial charge in [-0.15, -0.1) is 0 Å². The second-order valence-electron chi connectivity index (χ2n) is 4.82. The summed E-state index contributed by atoms with van der Waals surface area (Å²) in [4.78, 5) is 0.311. The number of nitrogens with zero attached hydrogens (tertiary/aromatic N) is 1. The minimum absolute atomic E-state index is 0.0853. The standard InChI is InChI=1S/C13H20N2O2S/c1-3-11-6-7-12(9-13(11)14)18(16,17)15-8-4-5-10(15)2/h6-7,9-10H,3-5,8,14H2,1-2H3. The first-order chi connectivity index (χ1) is 8.46. The summed E-state index contributed by atoms with van der Waals surface area (Å²) in [6.07, 6.45) is 2.68. The molecular weight excluding hydrogens is 248 g/mol. The van der Waals surface area contributed by atoms with Crippen LogP contribution in [0.5, 0.6) is 0 Å². The molecule has 18 heavy (non-hydrogen) atoms. The molecule has 1 atom stereocenters. The second-order valence-corrected chi connectivity index (χ2v) is 6.71. The summed E-state index contributed by atoms with van der Waals surface area (Å²) in [7, 11) is -3.38. The first kappa shape index (κ1) is 13.4. The molecule has 0 spiro atoms. The van der Waals surface area contributed by atoms with Crippen molar-refractivity contribution in [2.45, 2.75) is 44.0 Å². The van der Waals surface area contributed by atoms with Crippen molar-refractivity contribution < 1.29 is 8.42 Å². The first-order valence-electron chi connectivity index (χ1n) is 6.37. The van der Waals surface area contributed by atoms with E-state index in [2.05, 4.69) is 0 Å². The second kappa shape index (κ2) is 4.90. The maximum Gasteiger partial charge on any atom is 0.243 e. The van der Waals surface area contributed by atoms with Gasteiger partial charge in [0.25, 0.3) is 0 Å². The molecule has 1 saturated heterocycles. The van der Waals surface area contributed by atoms with Gasteiger partial charge in [0.05, 0.1) is 4.90 Å². The Labute approximate surface area is 109 Å². The van der Waals surface area contributed by atoms with Gasteiger partial charge in [-0.05, 0) is 43.9 Å². The molecule has 1 aromatic carbocycles. The summed E-state index contributed by atoms with van der Waals surface area (Å²) in [5.74, 6) is 0. The van der Waals surface area contributed by atoms with Crippen LogP contribution >= 0.6 is 0 Å². The van der Waals surface area contributed by atoms with Crippen LogP contribution in [0.2, 0.25) is 0 Å². The normalized spacial score (nSPS) is 21.3. The lowest BCUT2D eigenvalue weighted by Gasteiger charge is -2.21. The highest BCUT2D eigenvalue weighted by molar-refractivity contribution is 7.89. The summed E-state index contributed by atoms with van der Waals surface area (Å²) in [6.45, 7) is 4.57. The number of hydrogen-bond donors (Lipinski definition) is 1. The highest BCUT2D eigenvalue weighted by Gasteiger charge is 2.32. The molecule has 1 heterocycles. The van der Waals surface area contributed by atoms with E-state index in [0.717, 1.165) is 24.8 Å². The molecule has 1 fully saturated rings. The van der Waals surface area contributed by atoms with Crippen molar-refractivity contribution in [1.82, 2.24) is 4.31 Å². The Morgan fingerprint density at radius 3 is 2.67 bits per heavy atom. The quantitative estimate of drug-likeness (QED) is 0.853. The highest BCUT2D eigenvalue weighted by Crippen LogP contribution is 2.27. The van der Waals surface area contributed by atoms with E-state index in [1.165, 1.54) is 0 Å². The zero-order valence-corrected chi connectivity index (χ0v) is 11.7. The van der Waals surface area contributed by atoms with Gasteiger partial charge >= 0.3 is 0 Å². The first-order valence-corrected chi connectivity index (χ1v) is 7.81. The molecule has 2 rings (SSSR count). The Bertz CT molecular complexity index is 540. The molecule has 0 saturated carbocycles. The molecular formula is C13H20N2O2S. The van der Waals surface area contributed by atoms with Crippen molar-refractivity contribution in [1.29, 1.82) is 0 Å². The van der Waals surface area contributed by atoms with Gasteiger partial charge in [-0.3, -0.25) is 0 Å². The number of aryl methyl sites for hydroxylation is 1. The predicted molar refractivity (Wildman–Crippen MR) is 72.8 cm³/mol. The van der Waals surface area contributed by atoms with Gasteiger partial charge in [-0.25, -0.2) is 8.42 Å². The van der Waals surface area contributed by atoms with E-state index >= 15 is 0 Å². The van der Waals surface area contributed by atoms with Gasteiger partial charge in [0.15, 0.2) is 0 Å². The minimum Gasteiger partial charge on any atom is -0.398 e. The third kappa shape index (κ3) is 2.24. The lowest BCUT2D eigenvalue weighted by atomic mass is 10.1. The average Bonchev–Trinajstić information content (AvgIpc) is 2.76. The zero-order valence-electron chi connectivity index (χ0n) is 10.9. The Morgan fingerprint density at radius 2 is 2.17 bits per heavy atom. The van der Waals surface area contributed by atoms with Crippen molar-refractivity contribution in [3.8, 4) is 0 Å². The topological polar surface area (TPSA) is 63.4 Å². The fourth-order valence-corrected chi connectivity index (χ4v) is 4.19. The van der Waals surface area contributed by atoms with Crippen LogP contribution in [-0.2, 0) is 16.4 Å². The predicted octanol–water partition coefficient (Wildman–Crippen LogP) is 2.00. The zero-order chi connectivity index (χ0) is 13.3. The number of rotatable bonds is 3. The van der Waals surface area contributed by atoms with E-state index in [0.29, 0.717) is 17.1 Å². The molecule has 1 aromatic rings. The molecule has 1 aliphatic rings. The van der Waals surface area contributed by atoms with Crippen LogP contribution in [0.3, 0.4) is 0 Å². The fraction of sp³-hybridized carbons (Fsp3) is 0.538. The third-order valence-corrected chi connectivity index (χ3v) is 5.61. The van der Waals surface area contributed by atoms with E-state index in [4.69, 9.17) is 5.73 Å². The van der Waals surface area contributed by atoms with Crippen LogP contribution in [-0.4, -0.2) is 25.3 Å². The molecule has 1 unspecified atom stereocenters. The van der Waals surface area contributed by atoms with E-state index < -0.39 is 10.0 Å². The Kier molecular flexibility index (Phi) is 3.64. The van der Waals surface area contributed by atoms with E-state index in [9.17, 15) is 8.42 Å². The molecule has 0 aromatic heterocycles. The van der Waals surface area contributed by atoms with Gasteiger partial charge in [-0.2, -0.15) is 4.31 Å². The molecule has 0 bridgehead atoms. The SMILES string of the molecule is CCc1ccc(S(=O)(=O)N2CCCC2C)cc1N. The third-order valence-electron chi connectivity index (χ3n) is 3.60. The van der Waals surface area contributed by atoms with Gasteiger partial charge in [-0.1, -0.05) is 13.0 Å². The highest BCUT2D eigenvalue weighted by atomic mass is 32.2. The summed E-state index contributed by atoms with van der Waals surface area (Å²) in [5, 5.41) is 0. The molecule has 4 nitrogen and oxygen atoms in total. The Morgan fingerprint density at radius 1 is 1.44 bits per heavy atom. The number of nitrogens with two attached hydrogens (primary N) is 1. The fourth-order valence-electron chi connectivity index (χ4n) is 2.45. The van der Waals surface area contributed by atoms with Crippen molar-refractivity contribution in [2.24, 2.45) is 0 Å². The number of nitrogen functional groups attached to an aromatic ring is 1. The van der Waals surface area contributed by atoms with Crippen molar-refractivity contribution in [3.05, 3.63) is 23.8 Å². The molecule has 5 heteroatoms. The minimum atomic E-state index is -3.38. The molecule has 100 valence electrons. The van der Waals surface area contributed by atoms with E-state index in [1.807, 2.05) is 19.9 Å². The largest absolute Gasteiger partial charge is 0.398 e. The number of hydrogen-bond acceptors (Lipinski definition) is 3.